The molecule has 1 unspecified atom stereocenters. The zero-order valence-corrected chi connectivity index (χ0v) is 7.39. The number of carbonyl (C=O) groups is 1. The predicted octanol–water partition coefficient (Wildman–Crippen LogP) is 2.55. The second-order valence-electron chi connectivity index (χ2n) is 2.79. The zero-order valence-electron chi connectivity index (χ0n) is 6.57. The van der Waals surface area contributed by atoms with Crippen LogP contribution in [0.2, 0.25) is 0 Å². The van der Waals surface area contributed by atoms with Gasteiger partial charge in [-0.1, -0.05) is 12.1 Å². The molecule has 0 aliphatic carbocycles. The molecule has 1 aliphatic rings. The van der Waals surface area contributed by atoms with Crippen LogP contribution in [0.5, 0.6) is 0 Å². The topological polar surface area (TPSA) is 37.3 Å². The Hall–Kier alpha value is -0.960. The highest BCUT2D eigenvalue weighted by atomic mass is 32.2. The first-order valence-electron chi connectivity index (χ1n) is 3.73. The van der Waals surface area contributed by atoms with Gasteiger partial charge in [0.25, 0.3) is 0 Å². The Labute approximate surface area is 74.6 Å². The molecule has 0 saturated heterocycles. The largest absolute Gasteiger partial charge is 0.478 e. The molecule has 1 atom stereocenters. The number of carboxylic acid groups (broad SMARTS) is 1. The van der Waals surface area contributed by atoms with E-state index in [-0.39, 0.29) is 0 Å². The van der Waals surface area contributed by atoms with Crippen LogP contribution in [0.15, 0.2) is 23.1 Å². The fraction of sp³-hybridized carbons (Fsp3) is 0.222. The van der Waals surface area contributed by atoms with E-state index in [4.69, 9.17) is 5.11 Å². The van der Waals surface area contributed by atoms with Gasteiger partial charge in [-0.3, -0.25) is 0 Å². The third-order valence-electron chi connectivity index (χ3n) is 2.01. The van der Waals surface area contributed by atoms with E-state index in [0.29, 0.717) is 10.8 Å². The van der Waals surface area contributed by atoms with E-state index in [0.717, 1.165) is 10.5 Å². The average Bonchev–Trinajstić information content (AvgIpc) is 2.20. The second-order valence-corrected chi connectivity index (χ2v) is 4.17. The van der Waals surface area contributed by atoms with Crippen molar-refractivity contribution in [2.24, 2.45) is 0 Å². The monoisotopic (exact) mass is 180 g/mol. The maximum Gasteiger partial charge on any atom is 0.337 e. The molecule has 0 spiro atoms. The quantitative estimate of drug-likeness (QED) is 0.721. The molecule has 2 bridgehead atoms. The minimum absolute atomic E-state index is 0.293. The van der Waals surface area contributed by atoms with Crippen LogP contribution in [0.4, 0.5) is 0 Å². The normalized spacial score (nSPS) is 19.6. The molecule has 0 fully saturated rings. The van der Waals surface area contributed by atoms with Crippen molar-refractivity contribution in [2.45, 2.75) is 17.1 Å². The number of fused-ring (bicyclic) bond motifs is 2. The Morgan fingerprint density at radius 2 is 2.33 bits per heavy atom. The number of carboxylic acids is 1. The van der Waals surface area contributed by atoms with Gasteiger partial charge in [-0.05, 0) is 18.6 Å². The highest BCUT2D eigenvalue weighted by molar-refractivity contribution is 8.00. The molecule has 1 aliphatic heterocycles. The summed E-state index contributed by atoms with van der Waals surface area (Å²) in [6, 6.07) is 5.66. The molecule has 1 aromatic rings. The lowest BCUT2D eigenvalue weighted by Crippen LogP contribution is -1.99. The molecule has 1 heterocycles. The summed E-state index contributed by atoms with van der Waals surface area (Å²) >= 11 is 1.62. The first-order chi connectivity index (χ1) is 5.70. The number of thioether (sulfide) groups is 1. The smallest absolute Gasteiger partial charge is 0.337 e. The third kappa shape index (κ3) is 0.932. The molecular weight excluding hydrogens is 172 g/mol. The maximum absolute atomic E-state index is 10.8. The molecule has 0 amide bonds. The number of aromatic carboxylic acids is 1. The van der Waals surface area contributed by atoms with Gasteiger partial charge < -0.3 is 5.11 Å². The summed E-state index contributed by atoms with van der Waals surface area (Å²) in [6.45, 7) is 2.03. The third-order valence-corrected chi connectivity index (χ3v) is 3.22. The lowest BCUT2D eigenvalue weighted by molar-refractivity contribution is 0.0692. The lowest BCUT2D eigenvalue weighted by atomic mass is 10.1. The van der Waals surface area contributed by atoms with Gasteiger partial charge >= 0.3 is 5.97 Å². The molecule has 1 aromatic carbocycles. The van der Waals surface area contributed by atoms with Crippen molar-refractivity contribution in [3.63, 3.8) is 0 Å². The SMILES string of the molecule is CC1Sc2cccc1c2C(=O)O. The number of benzene rings is 1. The Morgan fingerprint density at radius 1 is 1.58 bits per heavy atom. The van der Waals surface area contributed by atoms with Gasteiger partial charge in [-0.2, -0.15) is 0 Å². The second kappa shape index (κ2) is 2.52. The van der Waals surface area contributed by atoms with E-state index in [2.05, 4.69) is 0 Å². The van der Waals surface area contributed by atoms with Crippen LogP contribution in [-0.4, -0.2) is 11.1 Å². The number of hydrogen-bond donors (Lipinski definition) is 1. The highest BCUT2D eigenvalue weighted by Gasteiger charge is 2.26. The van der Waals surface area contributed by atoms with Gasteiger partial charge in [0.15, 0.2) is 0 Å². The molecule has 0 saturated carbocycles. The molecule has 2 rings (SSSR count). The Kier molecular flexibility index (Phi) is 1.61. The number of hydrogen-bond acceptors (Lipinski definition) is 2. The lowest BCUT2D eigenvalue weighted by Gasteiger charge is -1.99. The van der Waals surface area contributed by atoms with Crippen molar-refractivity contribution >= 4 is 17.7 Å². The van der Waals surface area contributed by atoms with Gasteiger partial charge in [0.2, 0.25) is 0 Å². The molecule has 3 heteroatoms. The van der Waals surface area contributed by atoms with Crippen molar-refractivity contribution in [3.8, 4) is 0 Å². The van der Waals surface area contributed by atoms with Crippen molar-refractivity contribution in [1.82, 2.24) is 0 Å². The summed E-state index contributed by atoms with van der Waals surface area (Å²) in [5, 5.41) is 9.18. The first kappa shape index (κ1) is 7.68. The van der Waals surface area contributed by atoms with Crippen LogP contribution in [-0.2, 0) is 0 Å². The van der Waals surface area contributed by atoms with E-state index in [9.17, 15) is 4.79 Å². The van der Waals surface area contributed by atoms with E-state index in [1.54, 1.807) is 11.8 Å². The summed E-state index contributed by atoms with van der Waals surface area (Å²) < 4.78 is 0. The van der Waals surface area contributed by atoms with E-state index >= 15 is 0 Å². The summed E-state index contributed by atoms with van der Waals surface area (Å²) in [6.07, 6.45) is 0. The first-order valence-corrected chi connectivity index (χ1v) is 4.61. The standard InChI is InChI=1S/C9H8O2S/c1-5-6-3-2-4-7(12-5)8(6)9(10)11/h2-5H,1H3,(H,10,11). The van der Waals surface area contributed by atoms with Crippen molar-refractivity contribution in [3.05, 3.63) is 29.3 Å². The van der Waals surface area contributed by atoms with Gasteiger partial charge in [0.05, 0.1) is 5.56 Å². The molecule has 62 valence electrons. The summed E-state index contributed by atoms with van der Waals surface area (Å²) in [5.74, 6) is -0.808. The maximum atomic E-state index is 10.8. The van der Waals surface area contributed by atoms with Crippen LogP contribution in [0.25, 0.3) is 0 Å². The predicted molar refractivity (Wildman–Crippen MR) is 47.7 cm³/mol. The van der Waals surface area contributed by atoms with Gasteiger partial charge in [-0.25, -0.2) is 4.79 Å². The fourth-order valence-corrected chi connectivity index (χ4v) is 2.65. The fourth-order valence-electron chi connectivity index (χ4n) is 1.47. The van der Waals surface area contributed by atoms with Crippen LogP contribution in [0.1, 0.15) is 28.1 Å². The Morgan fingerprint density at radius 3 is 2.83 bits per heavy atom. The van der Waals surface area contributed by atoms with Crippen LogP contribution >= 0.6 is 11.8 Å². The van der Waals surface area contributed by atoms with Crippen LogP contribution < -0.4 is 0 Å². The molecule has 12 heavy (non-hydrogen) atoms. The van der Waals surface area contributed by atoms with Crippen molar-refractivity contribution < 1.29 is 9.90 Å². The van der Waals surface area contributed by atoms with Gasteiger partial charge in [0.1, 0.15) is 0 Å². The number of rotatable bonds is 1. The van der Waals surface area contributed by atoms with E-state index in [1.807, 2.05) is 25.1 Å². The van der Waals surface area contributed by atoms with Gasteiger partial charge in [-0.15, -0.1) is 11.8 Å². The molecule has 0 aromatic heterocycles. The summed E-state index contributed by atoms with van der Waals surface area (Å²) in [4.78, 5) is 11.7. The minimum atomic E-state index is -0.808. The molecule has 0 radical (unpaired) electrons. The van der Waals surface area contributed by atoms with Crippen molar-refractivity contribution in [1.29, 1.82) is 0 Å². The van der Waals surface area contributed by atoms with E-state index in [1.165, 1.54) is 0 Å². The van der Waals surface area contributed by atoms with Gasteiger partial charge in [0, 0.05) is 10.1 Å². The molecule has 2 nitrogen and oxygen atoms in total. The Balaban J connectivity index is 2.64. The van der Waals surface area contributed by atoms with Crippen LogP contribution in [0, 0.1) is 0 Å². The highest BCUT2D eigenvalue weighted by Crippen LogP contribution is 2.46. The van der Waals surface area contributed by atoms with E-state index < -0.39 is 5.97 Å². The summed E-state index contributed by atoms with van der Waals surface area (Å²) in [7, 11) is 0. The Bertz CT molecular complexity index is 346. The average molecular weight is 180 g/mol. The molecule has 1 N–H and O–H groups in total. The zero-order chi connectivity index (χ0) is 8.72. The molecular formula is C9H8O2S. The van der Waals surface area contributed by atoms with Crippen molar-refractivity contribution in [2.75, 3.05) is 0 Å². The van der Waals surface area contributed by atoms with Crippen LogP contribution in [0.3, 0.4) is 0 Å². The summed E-state index contributed by atoms with van der Waals surface area (Å²) in [5.41, 5.74) is 1.44. The minimum Gasteiger partial charge on any atom is -0.478 e.